The zero-order chi connectivity index (χ0) is 17.7. The summed E-state index contributed by atoms with van der Waals surface area (Å²) in [6.45, 7) is 4.49. The second kappa shape index (κ2) is 5.74. The first-order chi connectivity index (χ1) is 12.7. The molecular weight excluding hydrogens is 314 g/mol. The lowest BCUT2D eigenvalue weighted by molar-refractivity contribution is 0.790. The highest BCUT2D eigenvalue weighted by atomic mass is 15.2. The van der Waals surface area contributed by atoms with E-state index in [0.29, 0.717) is 6.04 Å². The summed E-state index contributed by atoms with van der Waals surface area (Å²) in [6, 6.07) is 31.3. The molecule has 0 fully saturated rings. The molecule has 0 saturated heterocycles. The summed E-state index contributed by atoms with van der Waals surface area (Å²) in [7, 11) is 0. The molecular formula is C25H21N. The third-order valence-corrected chi connectivity index (χ3v) is 5.28. The molecule has 5 aromatic rings. The van der Waals surface area contributed by atoms with Crippen LogP contribution in [-0.2, 0) is 0 Å². The predicted octanol–water partition coefficient (Wildman–Crippen LogP) is 7.13. The van der Waals surface area contributed by atoms with E-state index in [1.807, 2.05) is 0 Å². The van der Waals surface area contributed by atoms with Crippen LogP contribution in [-0.4, -0.2) is 6.04 Å². The molecule has 0 amide bonds. The SMILES string of the molecule is CC(C)N(c1ccccc1)c1cc2ccc3cccc4ccc(c1)c2c34. The fourth-order valence-corrected chi connectivity index (χ4v) is 4.21. The topological polar surface area (TPSA) is 3.24 Å². The smallest absolute Gasteiger partial charge is 0.0425 e. The van der Waals surface area contributed by atoms with Crippen molar-refractivity contribution in [2.75, 3.05) is 4.90 Å². The van der Waals surface area contributed by atoms with Crippen molar-refractivity contribution in [1.29, 1.82) is 0 Å². The van der Waals surface area contributed by atoms with Crippen molar-refractivity contribution in [2.45, 2.75) is 19.9 Å². The van der Waals surface area contributed by atoms with E-state index in [0.717, 1.165) is 0 Å². The normalized spacial score (nSPS) is 11.8. The molecule has 0 aliphatic carbocycles. The summed E-state index contributed by atoms with van der Waals surface area (Å²) < 4.78 is 0. The van der Waals surface area contributed by atoms with Gasteiger partial charge in [-0.05, 0) is 70.4 Å². The molecule has 126 valence electrons. The second-order valence-corrected chi connectivity index (χ2v) is 7.28. The van der Waals surface area contributed by atoms with Crippen molar-refractivity contribution in [3.05, 3.63) is 84.9 Å². The number of anilines is 2. The maximum absolute atomic E-state index is 2.41. The second-order valence-electron chi connectivity index (χ2n) is 7.28. The maximum Gasteiger partial charge on any atom is 0.0425 e. The van der Waals surface area contributed by atoms with Crippen molar-refractivity contribution >= 4 is 43.7 Å². The van der Waals surface area contributed by atoms with E-state index in [-0.39, 0.29) is 0 Å². The summed E-state index contributed by atoms with van der Waals surface area (Å²) >= 11 is 0. The molecule has 5 rings (SSSR count). The molecule has 0 saturated carbocycles. The van der Waals surface area contributed by atoms with Crippen molar-refractivity contribution in [1.82, 2.24) is 0 Å². The van der Waals surface area contributed by atoms with Crippen molar-refractivity contribution < 1.29 is 0 Å². The van der Waals surface area contributed by atoms with Crippen LogP contribution in [0.2, 0.25) is 0 Å². The lowest BCUT2D eigenvalue weighted by Crippen LogP contribution is -2.25. The predicted molar refractivity (Wildman–Crippen MR) is 114 cm³/mol. The van der Waals surface area contributed by atoms with E-state index in [2.05, 4.69) is 104 Å². The van der Waals surface area contributed by atoms with E-state index in [1.54, 1.807) is 0 Å². The Morgan fingerprint density at radius 2 is 1.08 bits per heavy atom. The highest BCUT2D eigenvalue weighted by Gasteiger charge is 2.16. The van der Waals surface area contributed by atoms with Gasteiger partial charge in [-0.1, -0.05) is 60.7 Å². The van der Waals surface area contributed by atoms with Gasteiger partial charge >= 0.3 is 0 Å². The van der Waals surface area contributed by atoms with Crippen LogP contribution >= 0.6 is 0 Å². The van der Waals surface area contributed by atoms with E-state index >= 15 is 0 Å². The standard InChI is InChI=1S/C25H21N/c1-17(2)26(22-9-4-3-5-10-22)23-15-20-13-11-18-7-6-8-19-12-14-21(16-23)25(20)24(18)19/h3-17H,1-2H3. The van der Waals surface area contributed by atoms with Gasteiger partial charge in [0.1, 0.15) is 0 Å². The average molecular weight is 335 g/mol. The molecule has 0 aliphatic rings. The molecule has 0 N–H and O–H groups in total. The van der Waals surface area contributed by atoms with Crippen LogP contribution in [0.3, 0.4) is 0 Å². The molecule has 0 unspecified atom stereocenters. The highest BCUT2D eigenvalue weighted by molar-refractivity contribution is 6.23. The summed E-state index contributed by atoms with van der Waals surface area (Å²) in [5, 5.41) is 8.01. The van der Waals surface area contributed by atoms with Gasteiger partial charge in [0.15, 0.2) is 0 Å². The molecule has 5 aromatic carbocycles. The average Bonchev–Trinajstić information content (AvgIpc) is 2.67. The third kappa shape index (κ3) is 2.24. The molecule has 0 spiro atoms. The Kier molecular flexibility index (Phi) is 3.36. The number of rotatable bonds is 3. The highest BCUT2D eigenvalue weighted by Crippen LogP contribution is 2.38. The van der Waals surface area contributed by atoms with Gasteiger partial charge < -0.3 is 4.90 Å². The van der Waals surface area contributed by atoms with Gasteiger partial charge in [-0.2, -0.15) is 0 Å². The Bertz CT molecular complexity index is 1140. The van der Waals surface area contributed by atoms with Crippen LogP contribution in [0.15, 0.2) is 84.9 Å². The van der Waals surface area contributed by atoms with E-state index in [9.17, 15) is 0 Å². The number of benzene rings is 5. The monoisotopic (exact) mass is 335 g/mol. The van der Waals surface area contributed by atoms with Crippen LogP contribution in [0, 0.1) is 0 Å². The first-order valence-corrected chi connectivity index (χ1v) is 9.24. The van der Waals surface area contributed by atoms with Gasteiger partial charge in [-0.3, -0.25) is 0 Å². The molecule has 0 bridgehead atoms. The number of nitrogens with zero attached hydrogens (tertiary/aromatic N) is 1. The zero-order valence-electron chi connectivity index (χ0n) is 15.1. The first kappa shape index (κ1) is 15.2. The van der Waals surface area contributed by atoms with Gasteiger partial charge in [-0.15, -0.1) is 0 Å². The Balaban J connectivity index is 1.81. The Hall–Kier alpha value is -3.06. The number of para-hydroxylation sites is 1. The van der Waals surface area contributed by atoms with E-state index in [1.165, 1.54) is 43.7 Å². The zero-order valence-corrected chi connectivity index (χ0v) is 15.1. The molecule has 1 nitrogen and oxygen atoms in total. The largest absolute Gasteiger partial charge is 0.339 e. The fourth-order valence-electron chi connectivity index (χ4n) is 4.21. The lowest BCUT2D eigenvalue weighted by Gasteiger charge is -2.30. The van der Waals surface area contributed by atoms with Crippen LogP contribution in [0.1, 0.15) is 13.8 Å². The molecule has 0 heterocycles. The quantitative estimate of drug-likeness (QED) is 0.317. The van der Waals surface area contributed by atoms with Gasteiger partial charge in [0.05, 0.1) is 0 Å². The minimum Gasteiger partial charge on any atom is -0.339 e. The fraction of sp³-hybridized carbons (Fsp3) is 0.120. The Labute approximate surface area is 153 Å². The maximum atomic E-state index is 2.41. The van der Waals surface area contributed by atoms with Crippen LogP contribution in [0.25, 0.3) is 32.3 Å². The van der Waals surface area contributed by atoms with Gasteiger partial charge in [0.2, 0.25) is 0 Å². The molecule has 0 aliphatic heterocycles. The van der Waals surface area contributed by atoms with E-state index < -0.39 is 0 Å². The minimum atomic E-state index is 0.380. The van der Waals surface area contributed by atoms with Crippen molar-refractivity contribution in [3.63, 3.8) is 0 Å². The first-order valence-electron chi connectivity index (χ1n) is 9.24. The van der Waals surface area contributed by atoms with Gasteiger partial charge in [0.25, 0.3) is 0 Å². The van der Waals surface area contributed by atoms with Crippen LogP contribution < -0.4 is 4.90 Å². The Morgan fingerprint density at radius 3 is 1.65 bits per heavy atom. The number of hydrogen-bond acceptors (Lipinski definition) is 1. The molecule has 26 heavy (non-hydrogen) atoms. The van der Waals surface area contributed by atoms with Crippen LogP contribution in [0.4, 0.5) is 11.4 Å². The summed E-state index contributed by atoms with van der Waals surface area (Å²) in [5.41, 5.74) is 2.48. The van der Waals surface area contributed by atoms with Gasteiger partial charge in [-0.25, -0.2) is 0 Å². The third-order valence-electron chi connectivity index (χ3n) is 5.28. The minimum absolute atomic E-state index is 0.380. The Morgan fingerprint density at radius 1 is 0.538 bits per heavy atom. The lowest BCUT2D eigenvalue weighted by atomic mass is 9.93. The number of hydrogen-bond donors (Lipinski definition) is 0. The molecule has 0 radical (unpaired) electrons. The molecule has 0 aromatic heterocycles. The van der Waals surface area contributed by atoms with Crippen LogP contribution in [0.5, 0.6) is 0 Å². The van der Waals surface area contributed by atoms with Crippen molar-refractivity contribution in [2.24, 2.45) is 0 Å². The summed E-state index contributed by atoms with van der Waals surface area (Å²) in [6.07, 6.45) is 0. The summed E-state index contributed by atoms with van der Waals surface area (Å²) in [4.78, 5) is 2.41. The van der Waals surface area contributed by atoms with Crippen molar-refractivity contribution in [3.8, 4) is 0 Å². The molecule has 0 atom stereocenters. The molecule has 1 heteroatoms. The van der Waals surface area contributed by atoms with E-state index in [4.69, 9.17) is 0 Å². The summed E-state index contributed by atoms with van der Waals surface area (Å²) in [5.74, 6) is 0. The van der Waals surface area contributed by atoms with Gasteiger partial charge in [0, 0.05) is 17.4 Å².